The number of carbonyl (C=O) groups excluding carboxylic acids is 1. The second-order valence-corrected chi connectivity index (χ2v) is 3.59. The molecule has 0 spiro atoms. The molecule has 0 amide bonds. The Labute approximate surface area is 98.3 Å². The largest absolute Gasteiger partial charge is 0.496 e. The Morgan fingerprint density at radius 1 is 1.24 bits per heavy atom. The predicted molar refractivity (Wildman–Crippen MR) is 58.9 cm³/mol. The molecule has 0 unspecified atom stereocenters. The van der Waals surface area contributed by atoms with Gasteiger partial charge >= 0.3 is 0 Å². The molecule has 1 rings (SSSR count). The summed E-state index contributed by atoms with van der Waals surface area (Å²) in [6.07, 6.45) is -2.52. The van der Waals surface area contributed by atoms with Gasteiger partial charge in [0.1, 0.15) is 17.3 Å². The zero-order valence-corrected chi connectivity index (χ0v) is 9.92. The van der Waals surface area contributed by atoms with Crippen LogP contribution in [0.2, 0.25) is 0 Å². The number of benzene rings is 1. The number of ketones is 1. The van der Waals surface area contributed by atoms with E-state index in [1.807, 2.05) is 0 Å². The Morgan fingerprint density at radius 2 is 1.82 bits per heavy atom. The van der Waals surface area contributed by atoms with Gasteiger partial charge < -0.3 is 9.47 Å². The fourth-order valence-corrected chi connectivity index (χ4v) is 1.56. The maximum absolute atomic E-state index is 12.7. The van der Waals surface area contributed by atoms with Gasteiger partial charge in [-0.25, -0.2) is 8.78 Å². The molecule has 0 radical (unpaired) electrons. The highest BCUT2D eigenvalue weighted by Gasteiger charge is 2.18. The van der Waals surface area contributed by atoms with E-state index in [4.69, 9.17) is 9.47 Å². The minimum Gasteiger partial charge on any atom is -0.496 e. The van der Waals surface area contributed by atoms with Gasteiger partial charge in [0, 0.05) is 12.0 Å². The highest BCUT2D eigenvalue weighted by molar-refractivity contribution is 5.79. The topological polar surface area (TPSA) is 35.5 Å². The lowest BCUT2D eigenvalue weighted by Gasteiger charge is -2.13. The molecular weight excluding hydrogens is 230 g/mol. The maximum Gasteiger partial charge on any atom is 0.267 e. The van der Waals surface area contributed by atoms with Crippen molar-refractivity contribution < 1.29 is 23.0 Å². The number of rotatable bonds is 5. The van der Waals surface area contributed by atoms with Gasteiger partial charge in [-0.1, -0.05) is 0 Å². The second kappa shape index (κ2) is 5.61. The van der Waals surface area contributed by atoms with Gasteiger partial charge in [0.15, 0.2) is 0 Å². The van der Waals surface area contributed by atoms with Crippen molar-refractivity contribution in [1.82, 2.24) is 0 Å². The van der Waals surface area contributed by atoms with E-state index in [-0.39, 0.29) is 29.3 Å². The van der Waals surface area contributed by atoms with E-state index in [1.54, 1.807) is 0 Å². The van der Waals surface area contributed by atoms with E-state index in [0.29, 0.717) is 5.56 Å². The highest BCUT2D eigenvalue weighted by Crippen LogP contribution is 2.35. The third kappa shape index (κ3) is 3.15. The first-order valence-electron chi connectivity index (χ1n) is 5.02. The second-order valence-electron chi connectivity index (χ2n) is 3.59. The normalized spacial score (nSPS) is 10.5. The molecule has 0 N–H and O–H groups in total. The molecule has 5 heteroatoms. The summed E-state index contributed by atoms with van der Waals surface area (Å²) in [5, 5.41) is 0. The first kappa shape index (κ1) is 13.4. The summed E-state index contributed by atoms with van der Waals surface area (Å²) >= 11 is 0. The fourth-order valence-electron chi connectivity index (χ4n) is 1.56. The Bertz CT molecular complexity index is 416. The highest BCUT2D eigenvalue weighted by atomic mass is 19.3. The molecule has 0 atom stereocenters. The van der Waals surface area contributed by atoms with E-state index >= 15 is 0 Å². The van der Waals surface area contributed by atoms with Crippen LogP contribution in [0.1, 0.15) is 24.5 Å². The molecule has 0 aliphatic carbocycles. The molecule has 0 aliphatic rings. The van der Waals surface area contributed by atoms with Crippen molar-refractivity contribution in [3.05, 3.63) is 23.3 Å². The van der Waals surface area contributed by atoms with Gasteiger partial charge in [-0.05, 0) is 19.1 Å². The first-order valence-corrected chi connectivity index (χ1v) is 5.02. The van der Waals surface area contributed by atoms with Crippen molar-refractivity contribution in [2.24, 2.45) is 0 Å². The van der Waals surface area contributed by atoms with Gasteiger partial charge in [-0.15, -0.1) is 0 Å². The summed E-state index contributed by atoms with van der Waals surface area (Å²) in [5.41, 5.74) is 0.304. The SMILES string of the molecule is COc1cc(C(F)F)c(OC)cc1CC(C)=O. The lowest BCUT2D eigenvalue weighted by Crippen LogP contribution is -2.02. The number of alkyl halides is 2. The van der Waals surface area contributed by atoms with Crippen molar-refractivity contribution >= 4 is 5.78 Å². The van der Waals surface area contributed by atoms with Gasteiger partial charge in [0.2, 0.25) is 0 Å². The van der Waals surface area contributed by atoms with Gasteiger partial charge in [0.05, 0.1) is 19.8 Å². The predicted octanol–water partition coefficient (Wildman–Crippen LogP) is 2.77. The van der Waals surface area contributed by atoms with Crippen molar-refractivity contribution in [2.45, 2.75) is 19.8 Å². The molecule has 0 saturated heterocycles. The van der Waals surface area contributed by atoms with Crippen molar-refractivity contribution in [2.75, 3.05) is 14.2 Å². The standard InChI is InChI=1S/C12H14F2O3/c1-7(15)4-8-5-11(17-3)9(12(13)14)6-10(8)16-2/h5-6,12H,4H2,1-3H3. The summed E-state index contributed by atoms with van der Waals surface area (Å²) in [6.45, 7) is 1.42. The monoisotopic (exact) mass is 244 g/mol. The van der Waals surface area contributed by atoms with Crippen molar-refractivity contribution in [3.63, 3.8) is 0 Å². The zero-order chi connectivity index (χ0) is 13.0. The third-order valence-corrected chi connectivity index (χ3v) is 2.31. The lowest BCUT2D eigenvalue weighted by molar-refractivity contribution is -0.116. The van der Waals surface area contributed by atoms with Crippen LogP contribution in [-0.4, -0.2) is 20.0 Å². The molecule has 1 aromatic carbocycles. The van der Waals surface area contributed by atoms with Crippen LogP contribution >= 0.6 is 0 Å². The number of methoxy groups -OCH3 is 2. The number of hydrogen-bond acceptors (Lipinski definition) is 3. The molecule has 0 heterocycles. The van der Waals surface area contributed by atoms with E-state index < -0.39 is 6.43 Å². The third-order valence-electron chi connectivity index (χ3n) is 2.31. The maximum atomic E-state index is 12.7. The Morgan fingerprint density at radius 3 is 2.24 bits per heavy atom. The van der Waals surface area contributed by atoms with Gasteiger partial charge in [-0.2, -0.15) is 0 Å². The Balaban J connectivity index is 3.27. The van der Waals surface area contributed by atoms with Crippen molar-refractivity contribution in [3.8, 4) is 11.5 Å². The number of halogens is 2. The van der Waals surface area contributed by atoms with Crippen LogP contribution in [0.5, 0.6) is 11.5 Å². The molecule has 0 bridgehead atoms. The minimum absolute atomic E-state index is 0.0667. The number of Topliss-reactive ketones (excluding diaryl/α,β-unsaturated/α-hetero) is 1. The Hall–Kier alpha value is -1.65. The molecule has 0 aromatic heterocycles. The van der Waals surface area contributed by atoms with Crippen LogP contribution in [0.4, 0.5) is 8.78 Å². The lowest BCUT2D eigenvalue weighted by atomic mass is 10.0. The smallest absolute Gasteiger partial charge is 0.267 e. The fraction of sp³-hybridized carbons (Fsp3) is 0.417. The summed E-state index contributed by atoms with van der Waals surface area (Å²) in [7, 11) is 2.69. The summed E-state index contributed by atoms with van der Waals surface area (Å²) in [4.78, 5) is 11.1. The van der Waals surface area contributed by atoms with Crippen LogP contribution in [0.25, 0.3) is 0 Å². The average Bonchev–Trinajstić information content (AvgIpc) is 2.27. The van der Waals surface area contributed by atoms with E-state index in [0.717, 1.165) is 0 Å². The Kier molecular flexibility index (Phi) is 4.43. The van der Waals surface area contributed by atoms with E-state index in [1.165, 1.54) is 33.3 Å². The van der Waals surface area contributed by atoms with Crippen LogP contribution in [0, 0.1) is 0 Å². The quantitative estimate of drug-likeness (QED) is 0.799. The molecule has 0 fully saturated rings. The zero-order valence-electron chi connectivity index (χ0n) is 9.92. The summed E-state index contributed by atoms with van der Waals surface area (Å²) in [5.74, 6) is 0.267. The van der Waals surface area contributed by atoms with Crippen LogP contribution in [-0.2, 0) is 11.2 Å². The number of hydrogen-bond donors (Lipinski definition) is 0. The number of ether oxygens (including phenoxy) is 2. The van der Waals surface area contributed by atoms with Crippen LogP contribution in [0.15, 0.2) is 12.1 Å². The summed E-state index contributed by atoms with van der Waals surface area (Å²) in [6, 6.07) is 2.63. The molecular formula is C12H14F2O3. The molecule has 94 valence electrons. The van der Waals surface area contributed by atoms with Gasteiger partial charge in [-0.3, -0.25) is 4.79 Å². The molecule has 0 aliphatic heterocycles. The molecule has 17 heavy (non-hydrogen) atoms. The first-order chi connectivity index (χ1) is 7.99. The van der Waals surface area contributed by atoms with E-state index in [9.17, 15) is 13.6 Å². The van der Waals surface area contributed by atoms with Gasteiger partial charge in [0.25, 0.3) is 6.43 Å². The summed E-state index contributed by atoms with van der Waals surface area (Å²) < 4.78 is 35.3. The number of carbonyl (C=O) groups is 1. The van der Waals surface area contributed by atoms with Crippen LogP contribution in [0.3, 0.4) is 0 Å². The molecule has 3 nitrogen and oxygen atoms in total. The average molecular weight is 244 g/mol. The van der Waals surface area contributed by atoms with Crippen LogP contribution < -0.4 is 9.47 Å². The molecule has 1 aromatic rings. The van der Waals surface area contributed by atoms with E-state index in [2.05, 4.69) is 0 Å². The molecule has 0 saturated carbocycles. The minimum atomic E-state index is -2.65. The van der Waals surface area contributed by atoms with Crippen molar-refractivity contribution in [1.29, 1.82) is 0 Å².